The van der Waals surface area contributed by atoms with E-state index < -0.39 is 0 Å². The molecule has 1 amide bonds. The molecule has 0 aliphatic carbocycles. The Morgan fingerprint density at radius 3 is 2.83 bits per heavy atom. The first kappa shape index (κ1) is 20.5. The molecule has 0 bridgehead atoms. The van der Waals surface area contributed by atoms with Gasteiger partial charge in [-0.3, -0.25) is 4.79 Å². The Kier molecular flexibility index (Phi) is 6.74. The normalized spacial score (nSPS) is 24.1. The lowest BCUT2D eigenvalue weighted by Gasteiger charge is -2.31. The average Bonchev–Trinajstić information content (AvgIpc) is 3.28. The average molecular weight is 409 g/mol. The minimum atomic E-state index is -0.356. The Morgan fingerprint density at radius 2 is 2.13 bits per heavy atom. The third-order valence-electron chi connectivity index (χ3n) is 5.49. The van der Waals surface area contributed by atoms with Crippen molar-refractivity contribution < 1.29 is 14.4 Å². The monoisotopic (exact) mass is 408 g/mol. The van der Waals surface area contributed by atoms with Gasteiger partial charge in [0.1, 0.15) is 5.82 Å². The Hall–Kier alpha value is -2.74. The third-order valence-corrected chi connectivity index (χ3v) is 5.49. The predicted octanol–water partition coefficient (Wildman–Crippen LogP) is 2.97. The van der Waals surface area contributed by atoms with E-state index in [9.17, 15) is 4.79 Å². The number of aromatic nitrogens is 1. The van der Waals surface area contributed by atoms with Gasteiger partial charge < -0.3 is 15.4 Å². The zero-order chi connectivity index (χ0) is 20.7. The minimum absolute atomic E-state index is 0.163. The highest BCUT2D eigenvalue weighted by atomic mass is 16.8. The topological polar surface area (TPSA) is 84.5 Å². The molecule has 2 aromatic rings. The first-order valence-corrected chi connectivity index (χ1v) is 10.5. The number of benzene rings is 1. The van der Waals surface area contributed by atoms with Crippen LogP contribution in [0.2, 0.25) is 0 Å². The summed E-state index contributed by atoms with van der Waals surface area (Å²) in [5, 5.41) is 7.05. The van der Waals surface area contributed by atoms with E-state index in [0.29, 0.717) is 6.61 Å². The first-order valence-electron chi connectivity index (χ1n) is 10.5. The van der Waals surface area contributed by atoms with Gasteiger partial charge in [-0.2, -0.15) is 0 Å². The summed E-state index contributed by atoms with van der Waals surface area (Å²) < 4.78 is 5.42. The largest absolute Gasteiger partial charge is 0.359 e. The molecule has 3 N–H and O–H groups in total. The summed E-state index contributed by atoms with van der Waals surface area (Å²) in [5.41, 5.74) is 4.34. The molecule has 4 rings (SSSR count). The Labute approximate surface area is 176 Å². The van der Waals surface area contributed by atoms with Crippen LogP contribution in [0.25, 0.3) is 6.08 Å². The second kappa shape index (κ2) is 9.84. The van der Waals surface area contributed by atoms with Gasteiger partial charge in [0.25, 0.3) is 5.91 Å². The van der Waals surface area contributed by atoms with Gasteiger partial charge in [0.15, 0.2) is 6.29 Å². The fourth-order valence-corrected chi connectivity index (χ4v) is 3.83. The molecular formula is C23H28N4O3. The number of amides is 1. The van der Waals surface area contributed by atoms with Crippen molar-refractivity contribution in [3.63, 3.8) is 0 Å². The van der Waals surface area contributed by atoms with Crippen molar-refractivity contribution in [1.29, 1.82) is 0 Å². The van der Waals surface area contributed by atoms with Gasteiger partial charge in [-0.25, -0.2) is 15.3 Å². The number of anilines is 1. The quantitative estimate of drug-likeness (QED) is 0.483. The maximum Gasteiger partial charge on any atom is 0.267 e. The maximum absolute atomic E-state index is 11.9. The highest BCUT2D eigenvalue weighted by molar-refractivity contribution is 5.90. The molecule has 1 aromatic heterocycles. The van der Waals surface area contributed by atoms with Crippen LogP contribution in [0.5, 0.6) is 0 Å². The van der Waals surface area contributed by atoms with Crippen LogP contribution in [0.4, 0.5) is 5.82 Å². The lowest BCUT2D eigenvalue weighted by atomic mass is 9.89. The highest BCUT2D eigenvalue weighted by Crippen LogP contribution is 2.31. The Balaban J connectivity index is 1.33. The predicted molar refractivity (Wildman–Crippen MR) is 115 cm³/mol. The minimum Gasteiger partial charge on any atom is -0.359 e. The molecule has 0 radical (unpaired) electrons. The molecule has 2 atom stereocenters. The number of pyridine rings is 1. The zero-order valence-corrected chi connectivity index (χ0v) is 17.0. The van der Waals surface area contributed by atoms with Gasteiger partial charge in [0.2, 0.25) is 0 Å². The van der Waals surface area contributed by atoms with Crippen molar-refractivity contribution in [1.82, 2.24) is 15.8 Å². The van der Waals surface area contributed by atoms with E-state index in [0.717, 1.165) is 50.2 Å². The third kappa shape index (κ3) is 5.24. The highest BCUT2D eigenvalue weighted by Gasteiger charge is 2.35. The smallest absolute Gasteiger partial charge is 0.267 e. The lowest BCUT2D eigenvalue weighted by Crippen LogP contribution is -2.37. The molecule has 7 nitrogen and oxygen atoms in total. The zero-order valence-electron chi connectivity index (χ0n) is 17.0. The summed E-state index contributed by atoms with van der Waals surface area (Å²) in [6.45, 7) is 2.49. The fourth-order valence-electron chi connectivity index (χ4n) is 3.83. The molecule has 2 fully saturated rings. The van der Waals surface area contributed by atoms with Gasteiger partial charge in [-0.05, 0) is 55.1 Å². The van der Waals surface area contributed by atoms with Crippen LogP contribution in [0.3, 0.4) is 0 Å². The standard InChI is InChI=1S/C23H28N4O3/c28-21(27-30-22-8-4-5-15-29-22)12-10-18-9-11-20(25-16-18)26-23(13-14-24-17-23)19-6-2-1-3-7-19/h1-3,6-7,9-12,16,22,24H,4-5,8,13-15,17H2,(H,25,26)(H,27,28)/b12-10+/t22?,23-/m0/s1. The van der Waals surface area contributed by atoms with E-state index in [1.54, 1.807) is 12.3 Å². The van der Waals surface area contributed by atoms with Crippen LogP contribution in [-0.2, 0) is 19.9 Å². The number of hydroxylamine groups is 1. The molecular weight excluding hydrogens is 380 g/mol. The van der Waals surface area contributed by atoms with Crippen LogP contribution in [-0.4, -0.2) is 36.9 Å². The first-order chi connectivity index (χ1) is 14.7. The van der Waals surface area contributed by atoms with Crippen molar-refractivity contribution in [3.05, 3.63) is 65.9 Å². The fraction of sp³-hybridized carbons (Fsp3) is 0.391. The van der Waals surface area contributed by atoms with Crippen molar-refractivity contribution >= 4 is 17.8 Å². The van der Waals surface area contributed by atoms with Crippen molar-refractivity contribution in [2.24, 2.45) is 0 Å². The van der Waals surface area contributed by atoms with Crippen molar-refractivity contribution in [2.75, 3.05) is 25.0 Å². The number of hydrogen-bond donors (Lipinski definition) is 3. The number of ether oxygens (including phenoxy) is 1. The maximum atomic E-state index is 11.9. The van der Waals surface area contributed by atoms with E-state index in [1.807, 2.05) is 18.2 Å². The Bertz CT molecular complexity index is 843. The summed E-state index contributed by atoms with van der Waals surface area (Å²) in [6, 6.07) is 14.3. The van der Waals surface area contributed by atoms with Crippen LogP contribution in [0.15, 0.2) is 54.7 Å². The second-order valence-electron chi connectivity index (χ2n) is 7.69. The SMILES string of the molecule is O=C(/C=C/c1ccc(N[C@@]2(c3ccccc3)CCNC2)nc1)NOC1CCCCO1. The molecule has 1 unspecified atom stereocenters. The molecule has 7 heteroatoms. The van der Waals surface area contributed by atoms with E-state index in [4.69, 9.17) is 9.57 Å². The van der Waals surface area contributed by atoms with Gasteiger partial charge in [-0.15, -0.1) is 0 Å². The number of carbonyl (C=O) groups excluding carboxylic acids is 1. The molecule has 3 heterocycles. The summed E-state index contributed by atoms with van der Waals surface area (Å²) in [6.07, 6.45) is 8.40. The molecule has 1 aromatic carbocycles. The van der Waals surface area contributed by atoms with Gasteiger partial charge in [0.05, 0.1) is 5.54 Å². The molecule has 2 aliphatic heterocycles. The summed E-state index contributed by atoms with van der Waals surface area (Å²) in [4.78, 5) is 21.7. The lowest BCUT2D eigenvalue weighted by molar-refractivity contribution is -0.198. The van der Waals surface area contributed by atoms with Gasteiger partial charge in [-0.1, -0.05) is 30.3 Å². The molecule has 0 spiro atoms. The van der Waals surface area contributed by atoms with Crippen molar-refractivity contribution in [2.45, 2.75) is 37.5 Å². The number of rotatable bonds is 7. The summed E-state index contributed by atoms with van der Waals surface area (Å²) in [7, 11) is 0. The molecule has 30 heavy (non-hydrogen) atoms. The van der Waals surface area contributed by atoms with Gasteiger partial charge >= 0.3 is 0 Å². The Morgan fingerprint density at radius 1 is 1.23 bits per heavy atom. The van der Waals surface area contributed by atoms with E-state index in [-0.39, 0.29) is 17.7 Å². The van der Waals surface area contributed by atoms with E-state index in [1.165, 1.54) is 11.6 Å². The van der Waals surface area contributed by atoms with Crippen LogP contribution in [0.1, 0.15) is 36.8 Å². The number of carbonyl (C=O) groups is 1. The van der Waals surface area contributed by atoms with Crippen molar-refractivity contribution in [3.8, 4) is 0 Å². The van der Waals surface area contributed by atoms with Crippen LogP contribution < -0.4 is 16.1 Å². The van der Waals surface area contributed by atoms with E-state index >= 15 is 0 Å². The molecule has 158 valence electrons. The number of hydrogen-bond acceptors (Lipinski definition) is 6. The summed E-state index contributed by atoms with van der Waals surface area (Å²) >= 11 is 0. The molecule has 2 aliphatic rings. The van der Waals surface area contributed by atoms with Crippen LogP contribution in [0, 0.1) is 0 Å². The number of nitrogens with one attached hydrogen (secondary N) is 3. The van der Waals surface area contributed by atoms with Gasteiger partial charge in [0, 0.05) is 31.8 Å². The van der Waals surface area contributed by atoms with E-state index in [2.05, 4.69) is 45.4 Å². The van der Waals surface area contributed by atoms with Crippen LogP contribution >= 0.6 is 0 Å². The molecule has 2 saturated heterocycles. The molecule has 0 saturated carbocycles. The summed E-state index contributed by atoms with van der Waals surface area (Å²) in [5.74, 6) is 0.480. The number of nitrogens with zero attached hydrogens (tertiary/aromatic N) is 1. The second-order valence-corrected chi connectivity index (χ2v) is 7.69.